The minimum atomic E-state index is -4.75. The van der Waals surface area contributed by atoms with Gasteiger partial charge < -0.3 is 23.9 Å². The molecule has 0 saturated heterocycles. The highest BCUT2D eigenvalue weighted by atomic mass is 19.4. The number of hydrogen-bond donors (Lipinski definition) is 1. The molecule has 0 aliphatic carbocycles. The van der Waals surface area contributed by atoms with Gasteiger partial charge in [-0.15, -0.1) is 0 Å². The fourth-order valence-corrected chi connectivity index (χ4v) is 4.82. The number of esters is 2. The van der Waals surface area contributed by atoms with Crippen LogP contribution in [0.3, 0.4) is 0 Å². The van der Waals surface area contributed by atoms with E-state index in [1.807, 2.05) is 0 Å². The second-order valence-corrected chi connectivity index (χ2v) is 9.94. The molecule has 0 saturated carbocycles. The molecule has 0 bridgehead atoms. The number of para-hydroxylation sites is 1. The molecule has 0 fully saturated rings. The number of ether oxygens (including phenoxy) is 3. The molecule has 8 nitrogen and oxygen atoms in total. The second kappa shape index (κ2) is 12.5. The van der Waals surface area contributed by atoms with Gasteiger partial charge in [-0.3, -0.25) is 0 Å². The molecule has 1 N–H and O–H groups in total. The zero-order valence-corrected chi connectivity index (χ0v) is 23.5. The van der Waals surface area contributed by atoms with Gasteiger partial charge in [-0.05, 0) is 51.5 Å². The van der Waals surface area contributed by atoms with E-state index in [4.69, 9.17) is 18.6 Å². The second-order valence-electron chi connectivity index (χ2n) is 9.94. The monoisotopic (exact) mass is 585 g/mol. The van der Waals surface area contributed by atoms with E-state index >= 15 is 0 Å². The third-order valence-electron chi connectivity index (χ3n) is 6.51. The van der Waals surface area contributed by atoms with E-state index in [2.05, 4.69) is 5.32 Å². The van der Waals surface area contributed by atoms with Crippen molar-refractivity contribution in [2.75, 3.05) is 13.2 Å². The maximum absolute atomic E-state index is 14.1. The average Bonchev–Trinajstić information content (AvgIpc) is 2.91. The molecule has 1 atom stereocenters. The molecular weight excluding hydrogens is 555 g/mol. The Morgan fingerprint density at radius 1 is 0.952 bits per heavy atom. The maximum Gasteiger partial charge on any atom is 0.416 e. The normalized spacial score (nSPS) is 15.6. The number of rotatable bonds is 9. The number of alkyl halides is 3. The first kappa shape index (κ1) is 30.4. The Kier molecular flexibility index (Phi) is 9.08. The fraction of sp³-hybridized carbons (Fsp3) is 0.323. The van der Waals surface area contributed by atoms with Crippen LogP contribution in [-0.2, 0) is 25.2 Å². The number of hydrogen-bond acceptors (Lipinski definition) is 8. The summed E-state index contributed by atoms with van der Waals surface area (Å²) < 4.78 is 64.0. The number of dihydropyridines is 1. The summed E-state index contributed by atoms with van der Waals surface area (Å²) in [5.74, 6) is -2.83. The van der Waals surface area contributed by atoms with Gasteiger partial charge in [0, 0.05) is 17.8 Å². The van der Waals surface area contributed by atoms with Gasteiger partial charge in [-0.1, -0.05) is 30.3 Å². The molecule has 0 amide bonds. The van der Waals surface area contributed by atoms with Gasteiger partial charge in [0.05, 0.1) is 53.4 Å². The predicted molar refractivity (Wildman–Crippen MR) is 148 cm³/mol. The van der Waals surface area contributed by atoms with Crippen LogP contribution in [0.25, 0.3) is 11.0 Å². The molecule has 0 spiro atoms. The maximum atomic E-state index is 14.1. The third kappa shape index (κ3) is 6.67. The van der Waals surface area contributed by atoms with Crippen LogP contribution in [-0.4, -0.2) is 31.3 Å². The van der Waals surface area contributed by atoms with Crippen molar-refractivity contribution in [2.45, 2.75) is 52.3 Å². The zero-order valence-electron chi connectivity index (χ0n) is 23.5. The Morgan fingerprint density at radius 3 is 2.29 bits per heavy atom. The molecule has 1 aromatic heterocycles. The van der Waals surface area contributed by atoms with E-state index in [0.29, 0.717) is 16.7 Å². The molecular formula is C31H30F3NO7. The van der Waals surface area contributed by atoms with Crippen molar-refractivity contribution >= 4 is 22.9 Å². The lowest BCUT2D eigenvalue weighted by atomic mass is 9.78. The van der Waals surface area contributed by atoms with E-state index in [1.54, 1.807) is 38.1 Å². The zero-order chi connectivity index (χ0) is 30.6. The van der Waals surface area contributed by atoms with Crippen molar-refractivity contribution in [2.24, 2.45) is 0 Å². The lowest BCUT2D eigenvalue weighted by Gasteiger charge is -2.32. The van der Waals surface area contributed by atoms with Crippen molar-refractivity contribution in [1.82, 2.24) is 5.32 Å². The largest absolute Gasteiger partial charge is 0.492 e. The summed E-state index contributed by atoms with van der Waals surface area (Å²) >= 11 is 0. The number of fused-ring (bicyclic) bond motifs is 1. The molecule has 42 heavy (non-hydrogen) atoms. The Hall–Kier alpha value is -4.54. The fourth-order valence-electron chi connectivity index (χ4n) is 4.82. The van der Waals surface area contributed by atoms with Crippen molar-refractivity contribution in [1.29, 1.82) is 0 Å². The number of carbonyl (C=O) groups is 2. The summed E-state index contributed by atoms with van der Waals surface area (Å²) in [7, 11) is 0. The highest BCUT2D eigenvalue weighted by Crippen LogP contribution is 2.44. The van der Waals surface area contributed by atoms with Crippen LogP contribution in [0.5, 0.6) is 5.75 Å². The van der Waals surface area contributed by atoms with Gasteiger partial charge in [-0.25, -0.2) is 14.4 Å². The lowest BCUT2D eigenvalue weighted by Crippen LogP contribution is -2.34. The van der Waals surface area contributed by atoms with E-state index in [0.717, 1.165) is 6.07 Å². The molecule has 2 heterocycles. The van der Waals surface area contributed by atoms with Gasteiger partial charge >= 0.3 is 23.7 Å². The Labute approximate surface area is 239 Å². The Balaban J connectivity index is 1.57. The minimum absolute atomic E-state index is 0.0717. The van der Waals surface area contributed by atoms with Crippen LogP contribution < -0.4 is 15.7 Å². The van der Waals surface area contributed by atoms with E-state index < -0.39 is 41.3 Å². The van der Waals surface area contributed by atoms with Gasteiger partial charge in [0.25, 0.3) is 0 Å². The van der Waals surface area contributed by atoms with Crippen LogP contribution >= 0.6 is 0 Å². The lowest BCUT2D eigenvalue weighted by molar-refractivity contribution is -0.144. The molecule has 1 aliphatic heterocycles. The average molecular weight is 586 g/mol. The van der Waals surface area contributed by atoms with Crippen molar-refractivity contribution in [3.8, 4) is 5.75 Å². The van der Waals surface area contributed by atoms with Gasteiger partial charge in [0.2, 0.25) is 0 Å². The van der Waals surface area contributed by atoms with Crippen molar-refractivity contribution in [3.63, 3.8) is 0 Å². The summed E-state index contributed by atoms with van der Waals surface area (Å²) in [6.07, 6.45) is -5.09. The van der Waals surface area contributed by atoms with Crippen LogP contribution in [0.2, 0.25) is 0 Å². The first-order valence-electron chi connectivity index (χ1n) is 13.3. The molecule has 2 aromatic carbocycles. The number of halogens is 3. The van der Waals surface area contributed by atoms with Gasteiger partial charge in [0.15, 0.2) is 0 Å². The summed E-state index contributed by atoms with van der Waals surface area (Å²) in [4.78, 5) is 38.4. The van der Waals surface area contributed by atoms with Gasteiger partial charge in [0.1, 0.15) is 11.3 Å². The number of nitrogens with one attached hydrogen (secondary N) is 1. The molecule has 1 unspecified atom stereocenters. The van der Waals surface area contributed by atoms with Gasteiger partial charge in [-0.2, -0.15) is 13.2 Å². The molecule has 3 aromatic rings. The summed E-state index contributed by atoms with van der Waals surface area (Å²) in [5, 5.41) is 3.53. The van der Waals surface area contributed by atoms with E-state index in [1.165, 1.54) is 38.1 Å². The van der Waals surface area contributed by atoms with Crippen LogP contribution in [0.1, 0.15) is 51.2 Å². The summed E-state index contributed by atoms with van der Waals surface area (Å²) in [6, 6.07) is 12.9. The minimum Gasteiger partial charge on any atom is -0.492 e. The number of benzene rings is 2. The highest BCUT2D eigenvalue weighted by molar-refractivity contribution is 6.00. The SMILES string of the molecule is CC1=C(C(=O)OCCCOc2cc(=O)oc3ccccc23)C(c2ccccc2C(F)(F)F)C(C(=O)OC(C)C)=C(C)N1. The van der Waals surface area contributed by atoms with Crippen molar-refractivity contribution < 1.29 is 41.4 Å². The molecule has 1 aliphatic rings. The van der Waals surface area contributed by atoms with Crippen LogP contribution in [0.4, 0.5) is 13.2 Å². The molecule has 11 heteroatoms. The van der Waals surface area contributed by atoms with E-state index in [9.17, 15) is 27.6 Å². The third-order valence-corrected chi connectivity index (χ3v) is 6.51. The predicted octanol–water partition coefficient (Wildman–Crippen LogP) is 6.01. The smallest absolute Gasteiger partial charge is 0.416 e. The van der Waals surface area contributed by atoms with Crippen LogP contribution in [0.15, 0.2) is 86.3 Å². The Bertz CT molecular complexity index is 1620. The summed E-state index contributed by atoms with van der Waals surface area (Å²) in [6.45, 7) is 6.23. The topological polar surface area (TPSA) is 104 Å². The number of allylic oxidation sites excluding steroid dienone is 2. The molecule has 4 rings (SSSR count). The quantitative estimate of drug-likeness (QED) is 0.185. The molecule has 0 radical (unpaired) electrons. The van der Waals surface area contributed by atoms with Crippen LogP contribution in [0, 0.1) is 0 Å². The highest BCUT2D eigenvalue weighted by Gasteiger charge is 2.43. The Morgan fingerprint density at radius 2 is 1.60 bits per heavy atom. The summed E-state index contributed by atoms with van der Waals surface area (Å²) in [5.41, 5.74) is -1.21. The van der Waals surface area contributed by atoms with Crippen molar-refractivity contribution in [3.05, 3.63) is 98.7 Å². The molecule has 222 valence electrons. The van der Waals surface area contributed by atoms with E-state index in [-0.39, 0.29) is 47.7 Å². The first-order chi connectivity index (χ1) is 19.9. The first-order valence-corrected chi connectivity index (χ1v) is 13.3. The standard InChI is InChI=1S/C31H30F3NO7/c1-17(2)41-30(38)27-19(4)35-18(3)26(28(27)20-10-5-7-12-22(20)31(32,33)34)29(37)40-15-9-14-39-24-16-25(36)42-23-13-8-6-11-21(23)24/h5-8,10-13,16-17,28,35H,9,14-15H2,1-4H3. The number of carbonyl (C=O) groups excluding carboxylic acids is 2.